The molecule has 1 aromatic rings. The lowest BCUT2D eigenvalue weighted by Gasteiger charge is -2.22. The molecule has 1 saturated carbocycles. The van der Waals surface area contributed by atoms with Crippen molar-refractivity contribution in [2.45, 2.75) is 71.1 Å². The van der Waals surface area contributed by atoms with Crippen molar-refractivity contribution in [3.05, 3.63) is 18.1 Å². The van der Waals surface area contributed by atoms with E-state index in [0.717, 1.165) is 25.1 Å². The molecule has 0 amide bonds. The molecule has 0 aromatic carbocycles. The zero-order valence-corrected chi connectivity index (χ0v) is 12.3. The molecule has 1 fully saturated rings. The van der Waals surface area contributed by atoms with Crippen LogP contribution >= 0.6 is 0 Å². The first kappa shape index (κ1) is 14.3. The molecule has 0 atom stereocenters. The van der Waals surface area contributed by atoms with Crippen molar-refractivity contribution in [3.63, 3.8) is 0 Å². The number of nitrogens with one attached hydrogen (secondary N) is 1. The van der Waals surface area contributed by atoms with Crippen LogP contribution in [0.3, 0.4) is 0 Å². The van der Waals surface area contributed by atoms with Gasteiger partial charge in [-0.2, -0.15) is 0 Å². The maximum absolute atomic E-state index is 5.86. The zero-order valence-electron chi connectivity index (χ0n) is 12.3. The minimum Gasteiger partial charge on any atom is -0.473 e. The Labute approximate surface area is 116 Å². The number of rotatable bonds is 4. The zero-order chi connectivity index (χ0) is 13.7. The van der Waals surface area contributed by atoms with E-state index in [4.69, 9.17) is 4.74 Å². The molecule has 0 unspecified atom stereocenters. The fourth-order valence-corrected chi connectivity index (χ4v) is 2.20. The van der Waals surface area contributed by atoms with Crippen LogP contribution in [0.25, 0.3) is 0 Å². The Balaban J connectivity index is 1.83. The molecule has 1 aliphatic rings. The highest BCUT2D eigenvalue weighted by Gasteiger charge is 2.15. The maximum atomic E-state index is 5.86. The quantitative estimate of drug-likeness (QED) is 0.907. The Morgan fingerprint density at radius 3 is 2.47 bits per heavy atom. The molecule has 0 radical (unpaired) electrons. The normalized spacial score (nSPS) is 17.4. The first-order valence-electron chi connectivity index (χ1n) is 7.25. The van der Waals surface area contributed by atoms with Crippen LogP contribution in [0.1, 0.15) is 58.6 Å². The minimum atomic E-state index is 0.0962. The third kappa shape index (κ3) is 5.15. The number of hydrogen-bond donors (Lipinski definition) is 1. The van der Waals surface area contributed by atoms with Gasteiger partial charge in [-0.3, -0.25) is 4.98 Å². The number of nitrogens with zero attached hydrogens (tertiary/aromatic N) is 2. The smallest absolute Gasteiger partial charge is 0.232 e. The van der Waals surface area contributed by atoms with Gasteiger partial charge < -0.3 is 10.1 Å². The summed E-state index contributed by atoms with van der Waals surface area (Å²) in [5, 5.41) is 3.40. The van der Waals surface area contributed by atoms with Gasteiger partial charge in [0.15, 0.2) is 0 Å². The van der Waals surface area contributed by atoms with E-state index in [1.165, 1.54) is 19.3 Å². The van der Waals surface area contributed by atoms with Crippen LogP contribution in [0.2, 0.25) is 0 Å². The van der Waals surface area contributed by atoms with E-state index in [1.54, 1.807) is 12.4 Å². The van der Waals surface area contributed by atoms with E-state index in [2.05, 4.69) is 36.1 Å². The van der Waals surface area contributed by atoms with Gasteiger partial charge in [-0.15, -0.1) is 0 Å². The molecular weight excluding hydrogens is 238 g/mol. The maximum Gasteiger partial charge on any atom is 0.232 e. The lowest BCUT2D eigenvalue weighted by atomic mass is 9.98. The molecule has 4 heteroatoms. The second-order valence-electron chi connectivity index (χ2n) is 6.33. The second-order valence-corrected chi connectivity index (χ2v) is 6.33. The van der Waals surface area contributed by atoms with Gasteiger partial charge in [0, 0.05) is 12.1 Å². The highest BCUT2D eigenvalue weighted by Crippen LogP contribution is 2.21. The molecule has 1 aliphatic carbocycles. The van der Waals surface area contributed by atoms with Crippen molar-refractivity contribution in [1.29, 1.82) is 0 Å². The average molecular weight is 263 g/mol. The molecule has 4 nitrogen and oxygen atoms in total. The minimum absolute atomic E-state index is 0.0962. The summed E-state index contributed by atoms with van der Waals surface area (Å²) >= 11 is 0. The van der Waals surface area contributed by atoms with E-state index in [1.807, 2.05) is 0 Å². The van der Waals surface area contributed by atoms with E-state index in [-0.39, 0.29) is 5.54 Å². The SMILES string of the molecule is CC(C)(C)NCc1cnc(OC2CCCCC2)cn1. The summed E-state index contributed by atoms with van der Waals surface area (Å²) in [6.07, 6.45) is 10.1. The summed E-state index contributed by atoms with van der Waals surface area (Å²) in [5.41, 5.74) is 1.05. The molecule has 0 aliphatic heterocycles. The Morgan fingerprint density at radius 1 is 1.16 bits per heavy atom. The molecule has 2 rings (SSSR count). The lowest BCUT2D eigenvalue weighted by Crippen LogP contribution is -2.35. The van der Waals surface area contributed by atoms with Gasteiger partial charge in [0.2, 0.25) is 5.88 Å². The summed E-state index contributed by atoms with van der Waals surface area (Å²) in [7, 11) is 0. The van der Waals surface area contributed by atoms with Crippen molar-refractivity contribution in [3.8, 4) is 5.88 Å². The van der Waals surface area contributed by atoms with Crippen molar-refractivity contribution in [2.24, 2.45) is 0 Å². The molecule has 1 heterocycles. The molecule has 106 valence electrons. The summed E-state index contributed by atoms with van der Waals surface area (Å²) in [6.45, 7) is 7.16. The molecule has 1 aromatic heterocycles. The molecule has 19 heavy (non-hydrogen) atoms. The van der Waals surface area contributed by atoms with Crippen molar-refractivity contribution >= 4 is 0 Å². The van der Waals surface area contributed by atoms with Crippen LogP contribution < -0.4 is 10.1 Å². The fourth-order valence-electron chi connectivity index (χ4n) is 2.20. The summed E-state index contributed by atoms with van der Waals surface area (Å²) in [4.78, 5) is 8.75. The van der Waals surface area contributed by atoms with Crippen LogP contribution in [0.4, 0.5) is 0 Å². The third-order valence-corrected chi connectivity index (χ3v) is 3.32. The molecule has 0 saturated heterocycles. The highest BCUT2D eigenvalue weighted by molar-refractivity contribution is 5.08. The van der Waals surface area contributed by atoms with Crippen LogP contribution in [0.5, 0.6) is 5.88 Å². The van der Waals surface area contributed by atoms with E-state index in [9.17, 15) is 0 Å². The van der Waals surface area contributed by atoms with E-state index in [0.29, 0.717) is 12.0 Å². The van der Waals surface area contributed by atoms with Crippen LogP contribution in [0.15, 0.2) is 12.4 Å². The Kier molecular flexibility index (Phi) is 4.75. The molecule has 0 bridgehead atoms. The lowest BCUT2D eigenvalue weighted by molar-refractivity contribution is 0.148. The fraction of sp³-hybridized carbons (Fsp3) is 0.733. The standard InChI is InChI=1S/C15H25N3O/c1-15(2,3)18-10-12-9-17-14(11-16-12)19-13-7-5-4-6-8-13/h9,11,13,18H,4-8,10H2,1-3H3. The van der Waals surface area contributed by atoms with Gasteiger partial charge in [-0.1, -0.05) is 6.42 Å². The molecular formula is C15H25N3O. The Bertz CT molecular complexity index is 377. The van der Waals surface area contributed by atoms with Gasteiger partial charge >= 0.3 is 0 Å². The van der Waals surface area contributed by atoms with Crippen LogP contribution in [-0.2, 0) is 6.54 Å². The summed E-state index contributed by atoms with van der Waals surface area (Å²) in [5.74, 6) is 0.659. The topological polar surface area (TPSA) is 47.0 Å². The van der Waals surface area contributed by atoms with Crippen LogP contribution in [0, 0.1) is 0 Å². The average Bonchev–Trinajstić information content (AvgIpc) is 2.38. The van der Waals surface area contributed by atoms with Gasteiger partial charge in [-0.05, 0) is 46.5 Å². The predicted molar refractivity (Wildman–Crippen MR) is 76.1 cm³/mol. The number of ether oxygens (including phenoxy) is 1. The van der Waals surface area contributed by atoms with Gasteiger partial charge in [0.1, 0.15) is 6.10 Å². The summed E-state index contributed by atoms with van der Waals surface area (Å²) < 4.78 is 5.86. The summed E-state index contributed by atoms with van der Waals surface area (Å²) in [6, 6.07) is 0. The Morgan fingerprint density at radius 2 is 1.89 bits per heavy atom. The van der Waals surface area contributed by atoms with Crippen molar-refractivity contribution in [2.75, 3.05) is 0 Å². The Hall–Kier alpha value is -1.16. The molecule has 0 spiro atoms. The monoisotopic (exact) mass is 263 g/mol. The van der Waals surface area contributed by atoms with E-state index >= 15 is 0 Å². The number of aromatic nitrogens is 2. The largest absolute Gasteiger partial charge is 0.473 e. The van der Waals surface area contributed by atoms with Gasteiger partial charge in [0.25, 0.3) is 0 Å². The van der Waals surface area contributed by atoms with Crippen LogP contribution in [-0.4, -0.2) is 21.6 Å². The van der Waals surface area contributed by atoms with E-state index < -0.39 is 0 Å². The number of hydrogen-bond acceptors (Lipinski definition) is 4. The highest BCUT2D eigenvalue weighted by atomic mass is 16.5. The van der Waals surface area contributed by atoms with Crippen molar-refractivity contribution < 1.29 is 4.74 Å². The molecule has 1 N–H and O–H groups in total. The second kappa shape index (κ2) is 6.33. The first-order chi connectivity index (χ1) is 9.03. The van der Waals surface area contributed by atoms with Gasteiger partial charge in [0.05, 0.1) is 18.1 Å². The van der Waals surface area contributed by atoms with Crippen molar-refractivity contribution in [1.82, 2.24) is 15.3 Å². The third-order valence-electron chi connectivity index (χ3n) is 3.32. The van der Waals surface area contributed by atoms with Gasteiger partial charge in [-0.25, -0.2) is 4.98 Å². The predicted octanol–water partition coefficient (Wildman–Crippen LogP) is 3.08. The first-order valence-corrected chi connectivity index (χ1v) is 7.25.